The van der Waals surface area contributed by atoms with Gasteiger partial charge < -0.3 is 14.4 Å². The minimum atomic E-state index is -0.149. The van der Waals surface area contributed by atoms with Crippen LogP contribution in [0.15, 0.2) is 28.8 Å². The van der Waals surface area contributed by atoms with Gasteiger partial charge >= 0.3 is 0 Å². The lowest BCUT2D eigenvalue weighted by atomic mass is 10.1. The van der Waals surface area contributed by atoms with E-state index in [9.17, 15) is 4.79 Å². The second-order valence-electron chi connectivity index (χ2n) is 6.40. The molecule has 1 aliphatic heterocycles. The molecule has 26 heavy (non-hydrogen) atoms. The standard InChI is InChI=1S/C18H20N6O2/c1-12-20-18(26-23-12)14-8-6-13(7-9-14)17(25)19-11-16-22-21-15-5-3-2-4-10-24(15)16/h6-9H,2-5,10-11H2,1H3,(H,19,25). The van der Waals surface area contributed by atoms with Crippen molar-refractivity contribution in [1.29, 1.82) is 0 Å². The largest absolute Gasteiger partial charge is 0.345 e. The fourth-order valence-corrected chi connectivity index (χ4v) is 3.12. The van der Waals surface area contributed by atoms with Crippen LogP contribution in [-0.4, -0.2) is 30.8 Å². The Morgan fingerprint density at radius 1 is 1.19 bits per heavy atom. The smallest absolute Gasteiger partial charge is 0.257 e. The van der Waals surface area contributed by atoms with Crippen LogP contribution in [0.3, 0.4) is 0 Å². The van der Waals surface area contributed by atoms with E-state index >= 15 is 0 Å². The summed E-state index contributed by atoms with van der Waals surface area (Å²) in [5, 5.41) is 15.2. The molecular weight excluding hydrogens is 332 g/mol. The van der Waals surface area contributed by atoms with E-state index in [0.717, 1.165) is 43.0 Å². The van der Waals surface area contributed by atoms with Crippen LogP contribution in [-0.2, 0) is 19.5 Å². The maximum Gasteiger partial charge on any atom is 0.257 e. The van der Waals surface area contributed by atoms with Crippen molar-refractivity contribution in [3.05, 3.63) is 47.3 Å². The van der Waals surface area contributed by atoms with Gasteiger partial charge in [0, 0.05) is 24.1 Å². The van der Waals surface area contributed by atoms with E-state index in [-0.39, 0.29) is 5.91 Å². The van der Waals surface area contributed by atoms with Gasteiger partial charge in [-0.05, 0) is 44.0 Å². The summed E-state index contributed by atoms with van der Waals surface area (Å²) in [4.78, 5) is 16.6. The fourth-order valence-electron chi connectivity index (χ4n) is 3.12. The quantitative estimate of drug-likeness (QED) is 0.773. The molecule has 4 rings (SSSR count). The highest BCUT2D eigenvalue weighted by Gasteiger charge is 2.15. The van der Waals surface area contributed by atoms with E-state index in [1.165, 1.54) is 6.42 Å². The molecule has 0 unspecified atom stereocenters. The first-order valence-corrected chi connectivity index (χ1v) is 8.80. The van der Waals surface area contributed by atoms with Gasteiger partial charge in [-0.25, -0.2) is 0 Å². The summed E-state index contributed by atoms with van der Waals surface area (Å²) in [5.74, 6) is 2.71. The number of fused-ring (bicyclic) bond motifs is 1. The Morgan fingerprint density at radius 3 is 2.81 bits per heavy atom. The van der Waals surface area contributed by atoms with Gasteiger partial charge in [-0.2, -0.15) is 4.98 Å². The Labute approximate surface area is 150 Å². The molecule has 0 spiro atoms. The number of aromatic nitrogens is 5. The molecule has 0 radical (unpaired) electrons. The molecule has 1 aromatic carbocycles. The minimum Gasteiger partial charge on any atom is -0.345 e. The highest BCUT2D eigenvalue weighted by atomic mass is 16.5. The summed E-state index contributed by atoms with van der Waals surface area (Å²) in [6.45, 7) is 3.06. The number of carbonyl (C=O) groups excluding carboxylic acids is 1. The number of aryl methyl sites for hydroxylation is 2. The Balaban J connectivity index is 1.41. The monoisotopic (exact) mass is 352 g/mol. The highest BCUT2D eigenvalue weighted by molar-refractivity contribution is 5.94. The van der Waals surface area contributed by atoms with E-state index in [1.54, 1.807) is 31.2 Å². The van der Waals surface area contributed by atoms with Crippen LogP contribution in [0.2, 0.25) is 0 Å². The zero-order valence-electron chi connectivity index (χ0n) is 14.6. The van der Waals surface area contributed by atoms with Gasteiger partial charge in [0.1, 0.15) is 5.82 Å². The number of amides is 1. The van der Waals surface area contributed by atoms with Crippen LogP contribution in [0.25, 0.3) is 11.5 Å². The number of hydrogen-bond donors (Lipinski definition) is 1. The number of carbonyl (C=O) groups is 1. The Bertz CT molecular complexity index is 912. The van der Waals surface area contributed by atoms with Crippen molar-refractivity contribution < 1.29 is 9.32 Å². The molecule has 1 amide bonds. The molecule has 0 saturated carbocycles. The average Bonchev–Trinajstić information content (AvgIpc) is 3.19. The molecular formula is C18H20N6O2. The number of hydrogen-bond acceptors (Lipinski definition) is 6. The SMILES string of the molecule is Cc1noc(-c2ccc(C(=O)NCc3nnc4n3CCCCC4)cc2)n1. The third-order valence-corrected chi connectivity index (χ3v) is 4.51. The second kappa shape index (κ2) is 7.07. The Morgan fingerprint density at radius 2 is 2.04 bits per heavy atom. The number of nitrogens with one attached hydrogen (secondary N) is 1. The van der Waals surface area contributed by atoms with Crippen molar-refractivity contribution in [1.82, 2.24) is 30.2 Å². The first kappa shape index (κ1) is 16.4. The Kier molecular flexibility index (Phi) is 4.47. The third-order valence-electron chi connectivity index (χ3n) is 4.51. The molecule has 0 aliphatic carbocycles. The zero-order chi connectivity index (χ0) is 17.9. The molecule has 0 fully saturated rings. The number of benzene rings is 1. The van der Waals surface area contributed by atoms with Gasteiger partial charge in [-0.3, -0.25) is 4.79 Å². The Hall–Kier alpha value is -3.03. The lowest BCUT2D eigenvalue weighted by molar-refractivity contribution is 0.0949. The average molecular weight is 352 g/mol. The van der Waals surface area contributed by atoms with Crippen molar-refractivity contribution >= 4 is 5.91 Å². The molecule has 3 aromatic rings. The predicted molar refractivity (Wildman–Crippen MR) is 93.2 cm³/mol. The van der Waals surface area contributed by atoms with Crippen LogP contribution in [0.5, 0.6) is 0 Å². The normalized spacial score (nSPS) is 13.9. The van der Waals surface area contributed by atoms with E-state index in [0.29, 0.717) is 23.8 Å². The summed E-state index contributed by atoms with van der Waals surface area (Å²) in [5.41, 5.74) is 1.35. The predicted octanol–water partition coefficient (Wildman–Crippen LogP) is 2.29. The van der Waals surface area contributed by atoms with Crippen LogP contribution in [0.4, 0.5) is 0 Å². The van der Waals surface area contributed by atoms with Crippen LogP contribution >= 0.6 is 0 Å². The maximum atomic E-state index is 12.4. The lowest BCUT2D eigenvalue weighted by Crippen LogP contribution is -2.25. The molecule has 1 N–H and O–H groups in total. The summed E-state index contributed by atoms with van der Waals surface area (Å²) in [6, 6.07) is 7.08. The molecule has 0 bridgehead atoms. The molecule has 0 saturated heterocycles. The van der Waals surface area contributed by atoms with Crippen molar-refractivity contribution in [2.24, 2.45) is 0 Å². The number of nitrogens with zero attached hydrogens (tertiary/aromatic N) is 5. The highest BCUT2D eigenvalue weighted by Crippen LogP contribution is 2.18. The van der Waals surface area contributed by atoms with Gasteiger partial charge in [0.2, 0.25) is 0 Å². The van der Waals surface area contributed by atoms with Crippen LogP contribution < -0.4 is 5.32 Å². The van der Waals surface area contributed by atoms with Crippen molar-refractivity contribution in [2.75, 3.05) is 0 Å². The van der Waals surface area contributed by atoms with Gasteiger partial charge in [-0.15, -0.1) is 10.2 Å². The summed E-state index contributed by atoms with van der Waals surface area (Å²) >= 11 is 0. The molecule has 8 nitrogen and oxygen atoms in total. The zero-order valence-corrected chi connectivity index (χ0v) is 14.6. The number of rotatable bonds is 4. The summed E-state index contributed by atoms with van der Waals surface area (Å²) in [6.07, 6.45) is 4.44. The van der Waals surface area contributed by atoms with Crippen LogP contribution in [0.1, 0.15) is 47.1 Å². The van der Waals surface area contributed by atoms with Gasteiger partial charge in [-0.1, -0.05) is 11.6 Å². The summed E-state index contributed by atoms with van der Waals surface area (Å²) < 4.78 is 7.26. The third kappa shape index (κ3) is 3.35. The second-order valence-corrected chi connectivity index (χ2v) is 6.40. The fraction of sp³-hybridized carbons (Fsp3) is 0.389. The molecule has 1 aliphatic rings. The lowest BCUT2D eigenvalue weighted by Gasteiger charge is -2.08. The topological polar surface area (TPSA) is 98.7 Å². The van der Waals surface area contributed by atoms with Crippen molar-refractivity contribution in [2.45, 2.75) is 45.7 Å². The molecule has 8 heteroatoms. The van der Waals surface area contributed by atoms with Crippen LogP contribution in [0, 0.1) is 6.92 Å². The van der Waals surface area contributed by atoms with Gasteiger partial charge in [0.05, 0.1) is 6.54 Å². The van der Waals surface area contributed by atoms with E-state index in [1.807, 2.05) is 0 Å². The van der Waals surface area contributed by atoms with Crippen molar-refractivity contribution in [3.63, 3.8) is 0 Å². The van der Waals surface area contributed by atoms with E-state index in [2.05, 4.69) is 30.2 Å². The first-order valence-electron chi connectivity index (χ1n) is 8.80. The minimum absolute atomic E-state index is 0.149. The molecule has 3 heterocycles. The van der Waals surface area contributed by atoms with E-state index < -0.39 is 0 Å². The first-order chi connectivity index (χ1) is 12.7. The maximum absolute atomic E-state index is 12.4. The van der Waals surface area contributed by atoms with Crippen molar-refractivity contribution in [3.8, 4) is 11.5 Å². The molecule has 134 valence electrons. The van der Waals surface area contributed by atoms with Gasteiger partial charge in [0.15, 0.2) is 11.6 Å². The summed E-state index contributed by atoms with van der Waals surface area (Å²) in [7, 11) is 0. The van der Waals surface area contributed by atoms with E-state index in [4.69, 9.17) is 4.52 Å². The molecule has 0 atom stereocenters. The molecule has 2 aromatic heterocycles. The van der Waals surface area contributed by atoms with Gasteiger partial charge in [0.25, 0.3) is 11.8 Å².